The van der Waals surface area contributed by atoms with E-state index >= 15 is 0 Å². The van der Waals surface area contributed by atoms with Crippen LogP contribution in [-0.4, -0.2) is 150 Å². The number of nitrogens with one attached hydrogen (secondary N) is 1. The Morgan fingerprint density at radius 2 is 1.40 bits per heavy atom. The van der Waals surface area contributed by atoms with Crippen molar-refractivity contribution in [1.82, 2.24) is 20.0 Å². The van der Waals surface area contributed by atoms with Crippen LogP contribution < -0.4 is 5.32 Å². The summed E-state index contributed by atoms with van der Waals surface area (Å²) < 4.78 is 16.8. The highest BCUT2D eigenvalue weighted by Gasteiger charge is 2.60. The molecule has 0 spiro atoms. The molecule has 4 aliphatic carbocycles. The first-order valence-electron chi connectivity index (χ1n) is 24.5. The van der Waals surface area contributed by atoms with Gasteiger partial charge in [-0.25, -0.2) is 4.79 Å². The van der Waals surface area contributed by atoms with Crippen molar-refractivity contribution in [3.05, 3.63) is 0 Å². The van der Waals surface area contributed by atoms with Gasteiger partial charge in [0.2, 0.25) is 5.91 Å². The Bertz CT molecular complexity index is 1570. The standard InChI is InChI=1S/C48H82N4O13/c1-32(2)11-10-12-33(3)37-16-17-38-36-15-14-34-25-35(18-20-47(34,4)39(36)19-21-48(37,38)5)65-46(62)63-24-9-7-8-13-45(61)64-30-41(52(28-43(57)58)29-44(59)60)51(26-40(54)49-6)23-22-50(31-53)27-42(55)56/h32-39,41,53H,7-31H2,1-6H3,(H,49,54)(H,55,56)(H,57,58)(H,59,60)/t33-,34?,35?,36?,37?,38?,39?,41?,47+,48-/m1/s1. The highest BCUT2D eigenvalue weighted by Crippen LogP contribution is 2.68. The number of nitrogens with zero attached hydrogens (tertiary/aromatic N) is 3. The molecule has 0 radical (unpaired) electrons. The Morgan fingerprint density at radius 1 is 0.723 bits per heavy atom. The van der Waals surface area contributed by atoms with Crippen LogP contribution in [0.25, 0.3) is 0 Å². The predicted molar refractivity (Wildman–Crippen MR) is 241 cm³/mol. The first-order valence-corrected chi connectivity index (χ1v) is 24.5. The molecule has 1 amide bonds. The van der Waals surface area contributed by atoms with E-state index < -0.39 is 75.1 Å². The Labute approximate surface area is 386 Å². The second-order valence-corrected chi connectivity index (χ2v) is 20.7. The maximum absolute atomic E-state index is 12.9. The molecule has 4 saturated carbocycles. The molecule has 0 saturated heterocycles. The van der Waals surface area contributed by atoms with Gasteiger partial charge in [0.15, 0.2) is 0 Å². The largest absolute Gasteiger partial charge is 0.508 e. The summed E-state index contributed by atoms with van der Waals surface area (Å²) >= 11 is 0. The number of carbonyl (C=O) groups is 6. The second-order valence-electron chi connectivity index (χ2n) is 20.7. The third kappa shape index (κ3) is 15.5. The number of hydrogen-bond donors (Lipinski definition) is 5. The Hall–Kier alpha value is -3.54. The molecule has 4 rings (SSSR count). The number of amides is 1. The van der Waals surface area contributed by atoms with Crippen molar-refractivity contribution in [2.75, 3.05) is 66.3 Å². The van der Waals surface area contributed by atoms with Gasteiger partial charge in [-0.1, -0.05) is 53.9 Å². The number of ether oxygens (including phenoxy) is 3. The van der Waals surface area contributed by atoms with Gasteiger partial charge in [0.1, 0.15) is 12.7 Å². The first-order chi connectivity index (χ1) is 30.8. The maximum atomic E-state index is 12.9. The summed E-state index contributed by atoms with van der Waals surface area (Å²) in [4.78, 5) is 76.5. The van der Waals surface area contributed by atoms with E-state index in [-0.39, 0.29) is 44.2 Å². The molecule has 372 valence electrons. The summed E-state index contributed by atoms with van der Waals surface area (Å²) in [7, 11) is 1.37. The van der Waals surface area contributed by atoms with E-state index in [4.69, 9.17) is 14.2 Å². The Morgan fingerprint density at radius 3 is 2.05 bits per heavy atom. The summed E-state index contributed by atoms with van der Waals surface area (Å²) in [5, 5.41) is 40.4. The van der Waals surface area contributed by atoms with Crippen LogP contribution in [0, 0.1) is 52.3 Å². The molecule has 17 heteroatoms. The predicted octanol–water partition coefficient (Wildman–Crippen LogP) is 5.91. The highest BCUT2D eigenvalue weighted by molar-refractivity contribution is 5.78. The van der Waals surface area contributed by atoms with Crippen molar-refractivity contribution in [3.63, 3.8) is 0 Å². The number of esters is 1. The van der Waals surface area contributed by atoms with E-state index in [0.717, 1.165) is 64.6 Å². The summed E-state index contributed by atoms with van der Waals surface area (Å²) in [6, 6.07) is 0. The number of carbonyl (C=O) groups excluding carboxylic acids is 3. The number of unbranched alkanes of at least 4 members (excludes halogenated alkanes) is 2. The molecule has 17 nitrogen and oxygen atoms in total. The molecular weight excluding hydrogens is 841 g/mol. The van der Waals surface area contributed by atoms with Crippen LogP contribution in [0.4, 0.5) is 4.79 Å². The van der Waals surface area contributed by atoms with Gasteiger partial charge >= 0.3 is 30.0 Å². The summed E-state index contributed by atoms with van der Waals surface area (Å²) in [6.07, 6.45) is 14.1. The molecule has 0 aromatic rings. The lowest BCUT2D eigenvalue weighted by molar-refractivity contribution is -0.153. The van der Waals surface area contributed by atoms with Gasteiger partial charge in [0, 0.05) is 26.6 Å². The van der Waals surface area contributed by atoms with Crippen molar-refractivity contribution in [2.24, 2.45) is 52.3 Å². The van der Waals surface area contributed by atoms with Crippen molar-refractivity contribution < 1.29 is 63.4 Å². The SMILES string of the molecule is CNC(=O)CN(CCN(CO)CC(=O)O)C(COC(=O)CCCCCOC(=O)OC1CC[C@@]2(C)C(CCC3C2CC[C@@]2(C)C3CCC2[C@H](C)CCCC(C)C)C1)N(CC(=O)O)CC(=O)O. The smallest absolute Gasteiger partial charge is 0.480 e. The van der Waals surface area contributed by atoms with Gasteiger partial charge in [-0.2, -0.15) is 0 Å². The molecule has 4 aliphatic rings. The van der Waals surface area contributed by atoms with Crippen molar-refractivity contribution in [2.45, 2.75) is 150 Å². The fourth-order valence-electron chi connectivity index (χ4n) is 12.8. The Balaban J connectivity index is 1.20. The number of hydrogen-bond acceptors (Lipinski definition) is 13. The first kappa shape index (κ1) is 54.1. The maximum Gasteiger partial charge on any atom is 0.508 e. The summed E-state index contributed by atoms with van der Waals surface area (Å²) in [5.74, 6) is 0.254. The number of aliphatic hydroxyl groups is 1. The van der Waals surface area contributed by atoms with Crippen molar-refractivity contribution >= 4 is 35.9 Å². The Kier molecular flexibility index (Phi) is 21.3. The minimum atomic E-state index is -1.36. The lowest BCUT2D eigenvalue weighted by atomic mass is 9.44. The highest BCUT2D eigenvalue weighted by atomic mass is 16.7. The third-order valence-electron chi connectivity index (χ3n) is 16.1. The molecule has 7 unspecified atom stereocenters. The fraction of sp³-hybridized carbons (Fsp3) is 0.875. The molecule has 5 N–H and O–H groups in total. The van der Waals surface area contributed by atoms with Crippen LogP contribution in [0.5, 0.6) is 0 Å². The molecule has 0 bridgehead atoms. The van der Waals surface area contributed by atoms with E-state index in [1.165, 1.54) is 69.7 Å². The van der Waals surface area contributed by atoms with E-state index in [1.54, 1.807) is 0 Å². The van der Waals surface area contributed by atoms with Crippen molar-refractivity contribution in [3.8, 4) is 0 Å². The van der Waals surface area contributed by atoms with Crippen LogP contribution in [0.1, 0.15) is 137 Å². The number of carboxylic acids is 3. The van der Waals surface area contributed by atoms with Gasteiger partial charge < -0.3 is 40.0 Å². The zero-order chi connectivity index (χ0) is 47.9. The van der Waals surface area contributed by atoms with E-state index in [1.807, 2.05) is 0 Å². The fourth-order valence-corrected chi connectivity index (χ4v) is 12.8. The number of carboxylic acid groups (broad SMARTS) is 3. The normalized spacial score (nSPS) is 28.2. The topological polar surface area (TPSA) is 233 Å². The minimum absolute atomic E-state index is 0.0242. The van der Waals surface area contributed by atoms with Crippen LogP contribution in [0.15, 0.2) is 0 Å². The van der Waals surface area contributed by atoms with Crippen LogP contribution in [0.3, 0.4) is 0 Å². The molecule has 0 heterocycles. The van der Waals surface area contributed by atoms with Crippen LogP contribution >= 0.6 is 0 Å². The molecule has 0 aromatic carbocycles. The number of rotatable bonds is 28. The van der Waals surface area contributed by atoms with E-state index in [9.17, 15) is 49.2 Å². The number of aliphatic hydroxyl groups excluding tert-OH is 1. The van der Waals surface area contributed by atoms with Gasteiger partial charge in [0.05, 0.1) is 45.7 Å². The van der Waals surface area contributed by atoms with E-state index in [0.29, 0.717) is 30.6 Å². The average Bonchev–Trinajstić information content (AvgIpc) is 3.60. The van der Waals surface area contributed by atoms with Gasteiger partial charge in [-0.3, -0.25) is 38.7 Å². The number of aliphatic carboxylic acids is 3. The lowest BCUT2D eigenvalue weighted by Gasteiger charge is -2.61. The van der Waals surface area contributed by atoms with Crippen molar-refractivity contribution in [1.29, 1.82) is 0 Å². The second kappa shape index (κ2) is 25.6. The molecular formula is C48H82N4O13. The zero-order valence-electron chi connectivity index (χ0n) is 40.2. The number of fused-ring (bicyclic) bond motifs is 5. The molecule has 65 heavy (non-hydrogen) atoms. The number of likely N-dealkylation sites (N-methyl/N-ethyl adjacent to an activating group) is 1. The van der Waals surface area contributed by atoms with E-state index in [2.05, 4.69) is 39.9 Å². The average molecular weight is 923 g/mol. The third-order valence-corrected chi connectivity index (χ3v) is 16.1. The molecule has 0 aliphatic heterocycles. The summed E-state index contributed by atoms with van der Waals surface area (Å²) in [6.45, 7) is 8.77. The quantitative estimate of drug-likeness (QED) is 0.0348. The molecule has 4 fully saturated rings. The lowest BCUT2D eigenvalue weighted by Crippen LogP contribution is -2.57. The summed E-state index contributed by atoms with van der Waals surface area (Å²) in [5.41, 5.74) is 0.747. The molecule has 10 atom stereocenters. The van der Waals surface area contributed by atoms with Gasteiger partial charge in [0.25, 0.3) is 0 Å². The zero-order valence-corrected chi connectivity index (χ0v) is 40.2. The van der Waals surface area contributed by atoms with Crippen LogP contribution in [-0.2, 0) is 38.2 Å². The minimum Gasteiger partial charge on any atom is -0.480 e. The molecule has 0 aromatic heterocycles. The monoisotopic (exact) mass is 923 g/mol. The van der Waals surface area contributed by atoms with Crippen LogP contribution in [0.2, 0.25) is 0 Å². The van der Waals surface area contributed by atoms with Gasteiger partial charge in [-0.05, 0) is 129 Å². The van der Waals surface area contributed by atoms with Gasteiger partial charge in [-0.15, -0.1) is 0 Å².